The van der Waals surface area contributed by atoms with Gasteiger partial charge < -0.3 is 10.6 Å². The van der Waals surface area contributed by atoms with Crippen LogP contribution in [0.4, 0.5) is 10.3 Å². The Labute approximate surface area is 184 Å². The predicted molar refractivity (Wildman–Crippen MR) is 122 cm³/mol. The highest BCUT2D eigenvalue weighted by Crippen LogP contribution is 2.20. The number of aromatic nitrogens is 4. The molecule has 0 atom stereocenters. The quantitative estimate of drug-likeness (QED) is 0.386. The Bertz CT molecular complexity index is 842. The van der Waals surface area contributed by atoms with Crippen LogP contribution in [-0.4, -0.2) is 32.2 Å². The van der Waals surface area contributed by atoms with E-state index in [4.69, 9.17) is 0 Å². The normalized spacial score (nSPS) is 12.1. The Hall–Kier alpha value is -2.46. The van der Waals surface area contributed by atoms with E-state index in [1.807, 2.05) is 39.8 Å². The molecule has 2 amide bonds. The van der Waals surface area contributed by atoms with Gasteiger partial charge in [0.15, 0.2) is 0 Å². The largest absolute Gasteiger partial charge is 0.300 e. The molecular formula is C20H28N6O2S2. The summed E-state index contributed by atoms with van der Waals surface area (Å²) in [7, 11) is 0. The number of nitrogens with one attached hydrogen (secondary N) is 2. The predicted octanol–water partition coefficient (Wildman–Crippen LogP) is 4.54. The summed E-state index contributed by atoms with van der Waals surface area (Å²) in [4.78, 5) is 23.8. The van der Waals surface area contributed by atoms with Crippen molar-refractivity contribution < 1.29 is 9.59 Å². The molecule has 0 spiro atoms. The van der Waals surface area contributed by atoms with Crippen LogP contribution >= 0.6 is 22.7 Å². The molecule has 0 bridgehead atoms. The summed E-state index contributed by atoms with van der Waals surface area (Å²) in [5.74, 6) is -0.151. The van der Waals surface area contributed by atoms with Crippen molar-refractivity contribution in [1.29, 1.82) is 0 Å². The molecule has 0 aliphatic rings. The summed E-state index contributed by atoms with van der Waals surface area (Å²) in [6.45, 7) is 7.67. The number of rotatable bonds is 11. The second kappa shape index (κ2) is 12.3. The van der Waals surface area contributed by atoms with Crippen molar-refractivity contribution in [2.24, 2.45) is 0 Å². The standard InChI is InChI=1S/C20H28N6O2S2/c1-5-13(3)11-15(27)21-19-25-23-17(29-19)9-7-8-10-18-24-26-20(30-18)22-16(28)12-14(4)6-2/h5-6H,7-12H2,1-4H3,(H,21,25,27)(H,22,26,28)/b13-5+,14-6+. The number of aryl methyl sites for hydroxylation is 2. The number of amides is 2. The molecule has 0 fully saturated rings. The van der Waals surface area contributed by atoms with Gasteiger partial charge in [-0.25, -0.2) is 0 Å². The van der Waals surface area contributed by atoms with Crippen LogP contribution in [0.5, 0.6) is 0 Å². The van der Waals surface area contributed by atoms with E-state index >= 15 is 0 Å². The van der Waals surface area contributed by atoms with Crippen molar-refractivity contribution in [3.8, 4) is 0 Å². The highest BCUT2D eigenvalue weighted by Gasteiger charge is 2.10. The van der Waals surface area contributed by atoms with Gasteiger partial charge in [-0.15, -0.1) is 20.4 Å². The van der Waals surface area contributed by atoms with Gasteiger partial charge in [-0.2, -0.15) is 0 Å². The van der Waals surface area contributed by atoms with Crippen LogP contribution in [-0.2, 0) is 22.4 Å². The fraction of sp³-hybridized carbons (Fsp3) is 0.500. The Morgan fingerprint density at radius 3 is 1.53 bits per heavy atom. The third-order valence-electron chi connectivity index (χ3n) is 4.32. The first-order valence-electron chi connectivity index (χ1n) is 9.87. The summed E-state index contributed by atoms with van der Waals surface area (Å²) in [6.07, 6.45) is 8.04. The van der Waals surface area contributed by atoms with Crippen LogP contribution in [0.1, 0.15) is 63.4 Å². The molecular weight excluding hydrogens is 420 g/mol. The molecule has 0 aliphatic carbocycles. The lowest BCUT2D eigenvalue weighted by Gasteiger charge is -2.00. The van der Waals surface area contributed by atoms with Gasteiger partial charge in [0.1, 0.15) is 10.0 Å². The minimum absolute atomic E-state index is 0.0756. The van der Waals surface area contributed by atoms with Crippen LogP contribution in [0.25, 0.3) is 0 Å². The van der Waals surface area contributed by atoms with Crippen molar-refractivity contribution in [2.75, 3.05) is 10.6 Å². The van der Waals surface area contributed by atoms with Crippen molar-refractivity contribution in [3.05, 3.63) is 33.3 Å². The van der Waals surface area contributed by atoms with Gasteiger partial charge in [-0.1, -0.05) is 46.0 Å². The van der Waals surface area contributed by atoms with Crippen LogP contribution < -0.4 is 10.6 Å². The van der Waals surface area contributed by atoms with Crippen LogP contribution in [0.15, 0.2) is 23.3 Å². The SMILES string of the molecule is C/C=C(\C)CC(=O)Nc1nnc(CCCCc2nnc(NC(=O)C/C(C)=C/C)s2)s1. The maximum Gasteiger partial charge on any atom is 0.230 e. The third kappa shape index (κ3) is 8.50. The van der Waals surface area contributed by atoms with E-state index in [1.165, 1.54) is 22.7 Å². The lowest BCUT2D eigenvalue weighted by Crippen LogP contribution is -2.11. The maximum atomic E-state index is 11.9. The molecule has 0 saturated carbocycles. The zero-order valence-corrected chi connectivity index (χ0v) is 19.5. The lowest BCUT2D eigenvalue weighted by atomic mass is 10.2. The molecule has 0 aliphatic heterocycles. The van der Waals surface area contributed by atoms with Gasteiger partial charge in [0, 0.05) is 25.7 Å². The molecule has 10 heteroatoms. The number of allylic oxidation sites excluding steroid dienone is 2. The number of anilines is 2. The maximum absolute atomic E-state index is 11.9. The lowest BCUT2D eigenvalue weighted by molar-refractivity contribution is -0.116. The minimum atomic E-state index is -0.0756. The molecule has 2 heterocycles. The van der Waals surface area contributed by atoms with E-state index in [0.29, 0.717) is 23.1 Å². The van der Waals surface area contributed by atoms with Gasteiger partial charge in [0.05, 0.1) is 0 Å². The molecule has 0 unspecified atom stereocenters. The second-order valence-electron chi connectivity index (χ2n) is 6.93. The number of carbonyl (C=O) groups is 2. The van der Waals surface area contributed by atoms with Gasteiger partial charge in [-0.05, 0) is 40.5 Å². The summed E-state index contributed by atoms with van der Waals surface area (Å²) in [5.41, 5.74) is 2.04. The van der Waals surface area contributed by atoms with E-state index in [0.717, 1.165) is 46.8 Å². The molecule has 8 nitrogen and oxygen atoms in total. The van der Waals surface area contributed by atoms with Crippen LogP contribution in [0.2, 0.25) is 0 Å². The number of nitrogens with zero attached hydrogens (tertiary/aromatic N) is 4. The van der Waals surface area contributed by atoms with Crippen molar-refractivity contribution in [3.63, 3.8) is 0 Å². The highest BCUT2D eigenvalue weighted by molar-refractivity contribution is 7.15. The van der Waals surface area contributed by atoms with Gasteiger partial charge >= 0.3 is 0 Å². The average Bonchev–Trinajstić information content (AvgIpc) is 3.34. The van der Waals surface area contributed by atoms with Crippen molar-refractivity contribution in [2.45, 2.75) is 66.2 Å². The van der Waals surface area contributed by atoms with E-state index in [-0.39, 0.29) is 11.8 Å². The summed E-state index contributed by atoms with van der Waals surface area (Å²) >= 11 is 2.82. The first-order chi connectivity index (χ1) is 14.4. The zero-order chi connectivity index (χ0) is 21.9. The molecule has 2 aromatic heterocycles. The molecule has 2 rings (SSSR count). The molecule has 2 aromatic rings. The summed E-state index contributed by atoms with van der Waals surface area (Å²) < 4.78 is 0. The van der Waals surface area contributed by atoms with Gasteiger partial charge in [0.2, 0.25) is 22.1 Å². The molecule has 162 valence electrons. The monoisotopic (exact) mass is 448 g/mol. The smallest absolute Gasteiger partial charge is 0.230 e. The van der Waals surface area contributed by atoms with Crippen LogP contribution in [0.3, 0.4) is 0 Å². The van der Waals surface area contributed by atoms with E-state index in [2.05, 4.69) is 31.0 Å². The van der Waals surface area contributed by atoms with Crippen LogP contribution in [0, 0.1) is 0 Å². The first-order valence-corrected chi connectivity index (χ1v) is 11.5. The fourth-order valence-corrected chi connectivity index (χ4v) is 4.00. The Balaban J connectivity index is 1.69. The third-order valence-corrected chi connectivity index (χ3v) is 6.12. The Morgan fingerprint density at radius 1 is 0.767 bits per heavy atom. The van der Waals surface area contributed by atoms with Crippen molar-refractivity contribution in [1.82, 2.24) is 20.4 Å². The molecule has 0 radical (unpaired) electrons. The molecule has 30 heavy (non-hydrogen) atoms. The minimum Gasteiger partial charge on any atom is -0.300 e. The molecule has 2 N–H and O–H groups in total. The Morgan fingerprint density at radius 2 is 1.17 bits per heavy atom. The second-order valence-corrected chi connectivity index (χ2v) is 9.05. The Kier molecular flexibility index (Phi) is 9.75. The highest BCUT2D eigenvalue weighted by atomic mass is 32.1. The molecule has 0 saturated heterocycles. The van der Waals surface area contributed by atoms with Gasteiger partial charge in [0.25, 0.3) is 0 Å². The number of hydrogen-bond acceptors (Lipinski definition) is 8. The molecule has 0 aromatic carbocycles. The van der Waals surface area contributed by atoms with Crippen molar-refractivity contribution >= 4 is 44.8 Å². The summed E-state index contributed by atoms with van der Waals surface area (Å²) in [5, 5.41) is 24.8. The first kappa shape index (κ1) is 23.8. The topological polar surface area (TPSA) is 110 Å². The average molecular weight is 449 g/mol. The number of unbranched alkanes of at least 4 members (excludes halogenated alkanes) is 1. The van der Waals surface area contributed by atoms with E-state index in [1.54, 1.807) is 0 Å². The zero-order valence-electron chi connectivity index (χ0n) is 17.8. The van der Waals surface area contributed by atoms with E-state index < -0.39 is 0 Å². The summed E-state index contributed by atoms with van der Waals surface area (Å²) in [6, 6.07) is 0. The van der Waals surface area contributed by atoms with E-state index in [9.17, 15) is 9.59 Å². The number of hydrogen-bond donors (Lipinski definition) is 2. The fourth-order valence-electron chi connectivity index (χ4n) is 2.40. The number of carbonyl (C=O) groups excluding carboxylic acids is 2. The van der Waals surface area contributed by atoms with Gasteiger partial charge in [-0.3, -0.25) is 9.59 Å².